The van der Waals surface area contributed by atoms with Crippen LogP contribution in [0.15, 0.2) is 0 Å². The van der Waals surface area contributed by atoms with Crippen molar-refractivity contribution in [1.29, 1.82) is 0 Å². The van der Waals surface area contributed by atoms with Gasteiger partial charge in [-0.25, -0.2) is 0 Å². The van der Waals surface area contributed by atoms with Gasteiger partial charge in [0.05, 0.1) is 0 Å². The predicted molar refractivity (Wildman–Crippen MR) is 10.1 cm³/mol. The molecule has 0 aromatic heterocycles. The molecule has 0 aliphatic carbocycles. The van der Waals surface area contributed by atoms with Crippen molar-refractivity contribution in [2.75, 3.05) is 0 Å². The zero-order valence-corrected chi connectivity index (χ0v) is 4.96. The molecule has 0 atom stereocenters. The minimum atomic E-state index is -1.44. The normalized spacial score (nSPS) is 2.40. The van der Waals surface area contributed by atoms with Gasteiger partial charge in [-0.1, -0.05) is 0 Å². The van der Waals surface area contributed by atoms with Crippen molar-refractivity contribution in [3.8, 4) is 0 Å². The minimum absolute atomic E-state index is 0. The summed E-state index contributed by atoms with van der Waals surface area (Å²) in [4.78, 5) is 0. The first-order chi connectivity index (χ1) is 1.41. The Hall–Kier alpha value is 0.989. The zero-order valence-electron chi connectivity index (χ0n) is 1.94. The molecule has 0 amide bonds. The summed E-state index contributed by atoms with van der Waals surface area (Å²) in [7, 11) is 0. The Morgan fingerprint density at radius 3 is 1.20 bits per heavy atom. The van der Waals surface area contributed by atoms with E-state index in [9.17, 15) is 0 Å². The maximum atomic E-state index is 8.41. The second-order valence-corrected chi connectivity index (χ2v) is 0.260. The molecule has 37 valence electrons. The molecular weight excluding hydrogens is 183 g/mol. The molecule has 0 saturated heterocycles. The summed E-state index contributed by atoms with van der Waals surface area (Å²) in [5.74, 6) is 0. The molecule has 0 aromatic rings. The molecule has 0 radical (unpaired) electrons. The van der Waals surface area contributed by atoms with Crippen molar-refractivity contribution < 1.29 is 39.6 Å². The van der Waals surface area contributed by atoms with Crippen LogP contribution in [0.4, 0.5) is 0 Å². The van der Waals surface area contributed by atoms with Gasteiger partial charge in [-0.15, -0.1) is 0 Å². The predicted octanol–water partition coefficient (Wildman–Crippen LogP) is -0.513. The Kier molecular flexibility index (Phi) is 67.0. The molecule has 0 bridgehead atoms. The smallest absolute Gasteiger partial charge is 0.813 e. The molecule has 0 aliphatic rings. The number of hydrogen-bond donors (Lipinski definition) is 0. The van der Waals surface area contributed by atoms with Gasteiger partial charge in [0.1, 0.15) is 0 Å². The van der Waals surface area contributed by atoms with Crippen LogP contribution in [-0.2, 0) is 53.1 Å². The van der Waals surface area contributed by atoms with Gasteiger partial charge in [-0.2, -0.15) is 0 Å². The average molecular weight is 184 g/mol. The first-order valence-corrected chi connectivity index (χ1v) is 1.27. The Bertz CT molecular complexity index is 30.6. The molecule has 0 fully saturated rings. The van der Waals surface area contributed by atoms with E-state index < -0.39 is 14.8 Å². The van der Waals surface area contributed by atoms with Crippen LogP contribution in [0.25, 0.3) is 0 Å². The van der Waals surface area contributed by atoms with E-state index in [4.69, 9.17) is 7.67 Å². The fourth-order valence-corrected chi connectivity index (χ4v) is 0. The summed E-state index contributed by atoms with van der Waals surface area (Å²) < 4.78 is 16.8. The molecule has 5 heavy (non-hydrogen) atoms. The van der Waals surface area contributed by atoms with Gasteiger partial charge in [0.2, 0.25) is 0 Å². The van der Waals surface area contributed by atoms with Crippen molar-refractivity contribution in [1.82, 2.24) is 0 Å². The van der Waals surface area contributed by atoms with E-state index >= 15 is 0 Å². The van der Waals surface area contributed by atoms with Crippen LogP contribution >= 0.6 is 0 Å². The number of thiol groups is 1. The fourth-order valence-electron chi connectivity index (χ4n) is 0. The second kappa shape index (κ2) is 20.1. The van der Waals surface area contributed by atoms with Crippen molar-refractivity contribution in [2.45, 2.75) is 0 Å². The van der Waals surface area contributed by atoms with Crippen LogP contribution in [0.3, 0.4) is 0 Å². The van der Waals surface area contributed by atoms with Crippen molar-refractivity contribution >= 4 is 13.5 Å². The van der Waals surface area contributed by atoms with E-state index in [0.717, 1.165) is 0 Å². The Morgan fingerprint density at radius 2 is 1.20 bits per heavy atom. The van der Waals surface area contributed by atoms with E-state index in [0.29, 0.717) is 0 Å². The largest absolute Gasteiger partial charge is 0.813 e. The van der Waals surface area contributed by atoms with Gasteiger partial charge < -0.3 is 13.5 Å². The average Bonchev–Trinajstić information content (AvgIpc) is 0.918. The summed E-state index contributed by atoms with van der Waals surface area (Å²) in [5.41, 5.74) is 0. The van der Waals surface area contributed by atoms with Crippen molar-refractivity contribution in [3.63, 3.8) is 0 Å². The maximum absolute atomic E-state index is 8.41. The number of hydrogen-bond acceptors (Lipinski definition) is 3. The standard InChI is InChI=1S/Cu.Mn.2O.H2S/h;;;;1H2/q+1;;;;/p-1. The van der Waals surface area contributed by atoms with Crippen LogP contribution in [0, 0.1) is 0 Å². The molecule has 0 aromatic carbocycles. The maximum Gasteiger partial charge on any atom is -0.813 e. The molecule has 0 aliphatic heterocycles. The molecule has 0 saturated carbocycles. The molecule has 5 heteroatoms. The topological polar surface area (TPSA) is 34.1 Å². The van der Waals surface area contributed by atoms with Gasteiger partial charge >= 0.3 is 39.6 Å². The summed E-state index contributed by atoms with van der Waals surface area (Å²) in [5, 5.41) is 0. The number of rotatable bonds is 0. The SMILES string of the molecule is [Cu+].[O]=[Mn]=[O].[SH-]. The van der Waals surface area contributed by atoms with Crippen LogP contribution in [0.1, 0.15) is 0 Å². The van der Waals surface area contributed by atoms with Crippen molar-refractivity contribution in [3.05, 3.63) is 0 Å². The fraction of sp³-hybridized carbons (Fsp3) is 0. The van der Waals surface area contributed by atoms with E-state index in [2.05, 4.69) is 0 Å². The minimum Gasteiger partial charge on any atom is -0.813 e. The van der Waals surface area contributed by atoms with Gasteiger partial charge in [0.15, 0.2) is 0 Å². The summed E-state index contributed by atoms with van der Waals surface area (Å²) in [6.45, 7) is 0. The van der Waals surface area contributed by atoms with Crippen molar-refractivity contribution in [2.24, 2.45) is 0 Å². The molecule has 0 spiro atoms. The quantitative estimate of drug-likeness (QED) is 0.288. The molecular formula is HCuMnO2S. The Labute approximate surface area is 53.2 Å². The van der Waals surface area contributed by atoms with Gasteiger partial charge in [0, 0.05) is 0 Å². The third-order valence-electron chi connectivity index (χ3n) is 0. The second-order valence-electron chi connectivity index (χ2n) is 0.0630. The first kappa shape index (κ1) is 16.7. The van der Waals surface area contributed by atoms with E-state index in [1.54, 1.807) is 0 Å². The first-order valence-electron chi connectivity index (χ1n) is 0.309. The zero-order chi connectivity index (χ0) is 2.71. The summed E-state index contributed by atoms with van der Waals surface area (Å²) in [6, 6.07) is 0. The van der Waals surface area contributed by atoms with E-state index in [-0.39, 0.29) is 30.6 Å². The molecule has 0 rings (SSSR count). The third-order valence-corrected chi connectivity index (χ3v) is 0. The van der Waals surface area contributed by atoms with Crippen LogP contribution in [-0.4, -0.2) is 0 Å². The Morgan fingerprint density at radius 1 is 1.20 bits per heavy atom. The van der Waals surface area contributed by atoms with Gasteiger partial charge in [-0.05, 0) is 0 Å². The molecule has 0 N–H and O–H groups in total. The monoisotopic (exact) mass is 183 g/mol. The summed E-state index contributed by atoms with van der Waals surface area (Å²) in [6.07, 6.45) is 0. The van der Waals surface area contributed by atoms with Crippen LogP contribution in [0.5, 0.6) is 0 Å². The van der Waals surface area contributed by atoms with Crippen LogP contribution < -0.4 is 0 Å². The Balaban J connectivity index is -0.0000000200. The van der Waals surface area contributed by atoms with E-state index in [1.165, 1.54) is 0 Å². The van der Waals surface area contributed by atoms with Crippen LogP contribution in [0.2, 0.25) is 0 Å². The third kappa shape index (κ3) is 45.6. The molecule has 0 unspecified atom stereocenters. The van der Waals surface area contributed by atoms with Gasteiger partial charge in [0.25, 0.3) is 0 Å². The molecule has 0 heterocycles. The summed E-state index contributed by atoms with van der Waals surface area (Å²) >= 11 is -1.44. The van der Waals surface area contributed by atoms with E-state index in [1.807, 2.05) is 0 Å². The van der Waals surface area contributed by atoms with Gasteiger partial charge in [-0.3, -0.25) is 0 Å². The molecule has 2 nitrogen and oxygen atoms in total.